The van der Waals surface area contributed by atoms with Crippen molar-refractivity contribution < 1.29 is 9.53 Å². The van der Waals surface area contributed by atoms with Crippen molar-refractivity contribution in [2.45, 2.75) is 32.4 Å². The minimum absolute atomic E-state index is 0.0826. The van der Waals surface area contributed by atoms with Crippen LogP contribution < -0.4 is 5.32 Å². The molecule has 18 heavy (non-hydrogen) atoms. The summed E-state index contributed by atoms with van der Waals surface area (Å²) in [6.45, 7) is 9.68. The number of likely N-dealkylation sites (N-methyl/N-ethyl adjacent to an activating group) is 1. The van der Waals surface area contributed by atoms with Gasteiger partial charge < -0.3 is 19.9 Å². The maximum absolute atomic E-state index is 12.0. The largest absolute Gasteiger partial charge is 0.373 e. The van der Waals surface area contributed by atoms with Gasteiger partial charge in [-0.1, -0.05) is 0 Å². The predicted octanol–water partition coefficient (Wildman–Crippen LogP) is 0.164. The third-order valence-corrected chi connectivity index (χ3v) is 2.80. The maximum Gasteiger partial charge on any atom is 0.236 e. The number of carbonyl (C=O) groups excluding carboxylic acids is 1. The molecule has 0 aromatic heterocycles. The predicted molar refractivity (Wildman–Crippen MR) is 72.6 cm³/mol. The molecular weight excluding hydrogens is 230 g/mol. The van der Waals surface area contributed by atoms with E-state index in [0.29, 0.717) is 26.2 Å². The Morgan fingerprint density at radius 3 is 2.67 bits per heavy atom. The molecule has 1 heterocycles. The van der Waals surface area contributed by atoms with Crippen LogP contribution in [0.2, 0.25) is 0 Å². The first kappa shape index (κ1) is 15.4. The number of carbonyl (C=O) groups is 1. The maximum atomic E-state index is 12.0. The Morgan fingerprint density at radius 2 is 2.11 bits per heavy atom. The van der Waals surface area contributed by atoms with E-state index in [2.05, 4.69) is 26.1 Å². The molecule has 1 aliphatic heterocycles. The minimum Gasteiger partial charge on any atom is -0.373 e. The molecule has 1 atom stereocenters. The number of hydrogen-bond acceptors (Lipinski definition) is 4. The van der Waals surface area contributed by atoms with Gasteiger partial charge in [0.05, 0.1) is 19.3 Å². The van der Waals surface area contributed by atoms with Crippen molar-refractivity contribution in [3.05, 3.63) is 0 Å². The van der Waals surface area contributed by atoms with Gasteiger partial charge in [-0.15, -0.1) is 0 Å². The zero-order chi connectivity index (χ0) is 13.8. The Balaban J connectivity index is 2.38. The molecule has 1 amide bonds. The van der Waals surface area contributed by atoms with Gasteiger partial charge in [0.25, 0.3) is 0 Å². The van der Waals surface area contributed by atoms with Crippen LogP contribution in [0.15, 0.2) is 0 Å². The van der Waals surface area contributed by atoms with Crippen LogP contribution in [0.3, 0.4) is 0 Å². The lowest BCUT2D eigenvalue weighted by Gasteiger charge is -2.35. The first-order chi connectivity index (χ1) is 8.28. The molecule has 1 saturated heterocycles. The second-order valence-corrected chi connectivity index (χ2v) is 6.20. The van der Waals surface area contributed by atoms with Crippen LogP contribution in [-0.2, 0) is 9.53 Å². The number of amides is 1. The Labute approximate surface area is 110 Å². The van der Waals surface area contributed by atoms with Gasteiger partial charge in [-0.05, 0) is 34.9 Å². The van der Waals surface area contributed by atoms with E-state index >= 15 is 0 Å². The smallest absolute Gasteiger partial charge is 0.236 e. The highest BCUT2D eigenvalue weighted by atomic mass is 16.5. The van der Waals surface area contributed by atoms with Gasteiger partial charge in [-0.25, -0.2) is 0 Å². The second kappa shape index (κ2) is 6.50. The van der Waals surface area contributed by atoms with Crippen molar-refractivity contribution in [3.8, 4) is 0 Å². The lowest BCUT2D eigenvalue weighted by Crippen LogP contribution is -2.52. The van der Waals surface area contributed by atoms with Gasteiger partial charge in [-0.2, -0.15) is 0 Å². The van der Waals surface area contributed by atoms with Crippen molar-refractivity contribution in [1.82, 2.24) is 15.1 Å². The number of nitrogens with zero attached hydrogens (tertiary/aromatic N) is 2. The SMILES string of the molecule is CN(C)CC(=O)N1CCO[C@@H](CNC(C)(C)C)C1. The highest BCUT2D eigenvalue weighted by Crippen LogP contribution is 2.07. The van der Waals surface area contributed by atoms with Crippen LogP contribution >= 0.6 is 0 Å². The summed E-state index contributed by atoms with van der Waals surface area (Å²) in [5, 5.41) is 3.42. The average Bonchev–Trinajstić information content (AvgIpc) is 2.25. The van der Waals surface area contributed by atoms with Crippen molar-refractivity contribution in [2.24, 2.45) is 0 Å². The van der Waals surface area contributed by atoms with Gasteiger partial charge in [0, 0.05) is 25.2 Å². The van der Waals surface area contributed by atoms with Gasteiger partial charge in [0.2, 0.25) is 5.91 Å². The molecular formula is C13H27N3O2. The zero-order valence-corrected chi connectivity index (χ0v) is 12.3. The molecule has 1 fully saturated rings. The molecule has 0 unspecified atom stereocenters. The summed E-state index contributed by atoms with van der Waals surface area (Å²) in [4.78, 5) is 15.8. The highest BCUT2D eigenvalue weighted by molar-refractivity contribution is 5.78. The molecule has 0 radical (unpaired) electrons. The fourth-order valence-electron chi connectivity index (χ4n) is 1.86. The first-order valence-corrected chi connectivity index (χ1v) is 6.57. The third kappa shape index (κ3) is 5.80. The quantitative estimate of drug-likeness (QED) is 0.779. The Hall–Kier alpha value is -0.650. The Kier molecular flexibility index (Phi) is 5.56. The summed E-state index contributed by atoms with van der Waals surface area (Å²) in [7, 11) is 3.83. The number of ether oxygens (including phenoxy) is 1. The summed E-state index contributed by atoms with van der Waals surface area (Å²) in [5.41, 5.74) is 0.0826. The molecule has 1 aliphatic rings. The highest BCUT2D eigenvalue weighted by Gasteiger charge is 2.25. The van der Waals surface area contributed by atoms with Crippen molar-refractivity contribution in [3.63, 3.8) is 0 Å². The summed E-state index contributed by atoms with van der Waals surface area (Å²) < 4.78 is 5.69. The van der Waals surface area contributed by atoms with Crippen LogP contribution in [0.1, 0.15) is 20.8 Å². The molecule has 1 rings (SSSR count). The molecule has 5 heteroatoms. The van der Waals surface area contributed by atoms with Crippen LogP contribution in [0.5, 0.6) is 0 Å². The minimum atomic E-state index is 0.0826. The van der Waals surface area contributed by atoms with Crippen molar-refractivity contribution in [1.29, 1.82) is 0 Å². The van der Waals surface area contributed by atoms with Crippen LogP contribution in [0, 0.1) is 0 Å². The fourth-order valence-corrected chi connectivity index (χ4v) is 1.86. The summed E-state index contributed by atoms with van der Waals surface area (Å²) >= 11 is 0. The molecule has 0 spiro atoms. The fraction of sp³-hybridized carbons (Fsp3) is 0.923. The topological polar surface area (TPSA) is 44.8 Å². The molecule has 5 nitrogen and oxygen atoms in total. The number of nitrogens with one attached hydrogen (secondary N) is 1. The monoisotopic (exact) mass is 257 g/mol. The average molecular weight is 257 g/mol. The van der Waals surface area contributed by atoms with E-state index in [9.17, 15) is 4.79 Å². The van der Waals surface area contributed by atoms with Gasteiger partial charge in [0.15, 0.2) is 0 Å². The molecule has 0 aliphatic carbocycles. The van der Waals surface area contributed by atoms with Gasteiger partial charge in [0.1, 0.15) is 0 Å². The van der Waals surface area contributed by atoms with Gasteiger partial charge >= 0.3 is 0 Å². The van der Waals surface area contributed by atoms with E-state index in [1.807, 2.05) is 23.9 Å². The van der Waals surface area contributed by atoms with Gasteiger partial charge in [-0.3, -0.25) is 4.79 Å². The van der Waals surface area contributed by atoms with Crippen LogP contribution in [-0.4, -0.2) is 74.2 Å². The Bertz CT molecular complexity index is 274. The van der Waals surface area contributed by atoms with E-state index in [-0.39, 0.29) is 17.6 Å². The summed E-state index contributed by atoms with van der Waals surface area (Å²) in [6, 6.07) is 0. The van der Waals surface area contributed by atoms with E-state index in [4.69, 9.17) is 4.74 Å². The zero-order valence-electron chi connectivity index (χ0n) is 12.3. The normalized spacial score (nSPS) is 21.4. The number of hydrogen-bond donors (Lipinski definition) is 1. The molecule has 0 aromatic rings. The lowest BCUT2D eigenvalue weighted by molar-refractivity contribution is -0.139. The van der Waals surface area contributed by atoms with Crippen LogP contribution in [0.25, 0.3) is 0 Å². The molecule has 0 aromatic carbocycles. The molecule has 106 valence electrons. The van der Waals surface area contributed by atoms with Crippen molar-refractivity contribution >= 4 is 5.91 Å². The number of morpholine rings is 1. The van der Waals surface area contributed by atoms with E-state index in [1.54, 1.807) is 0 Å². The number of rotatable bonds is 4. The lowest BCUT2D eigenvalue weighted by atomic mass is 10.1. The molecule has 0 bridgehead atoms. The van der Waals surface area contributed by atoms with E-state index < -0.39 is 0 Å². The van der Waals surface area contributed by atoms with E-state index in [0.717, 1.165) is 6.54 Å². The van der Waals surface area contributed by atoms with E-state index in [1.165, 1.54) is 0 Å². The summed E-state index contributed by atoms with van der Waals surface area (Å²) in [6.07, 6.45) is 0.101. The third-order valence-electron chi connectivity index (χ3n) is 2.80. The summed E-state index contributed by atoms with van der Waals surface area (Å²) in [5.74, 6) is 0.184. The first-order valence-electron chi connectivity index (χ1n) is 6.57. The van der Waals surface area contributed by atoms with Crippen molar-refractivity contribution in [2.75, 3.05) is 46.9 Å². The Morgan fingerprint density at radius 1 is 1.44 bits per heavy atom. The standard InChI is InChI=1S/C13H27N3O2/c1-13(2,3)14-8-11-9-16(6-7-18-11)12(17)10-15(4)5/h11,14H,6-10H2,1-5H3/t11-/m0/s1. The molecule has 1 N–H and O–H groups in total. The second-order valence-electron chi connectivity index (χ2n) is 6.20. The van der Waals surface area contributed by atoms with Crippen LogP contribution in [0.4, 0.5) is 0 Å². The molecule has 0 saturated carbocycles.